The standard InChI is InChI=1S/C16H17BrO3/c1-12-2-7-16(13(10-12)11-18)20-9-8-19-15-5-3-14(17)4-6-15/h2-7,10,18H,8-9,11H2,1H3. The van der Waals surface area contributed by atoms with Gasteiger partial charge in [-0.15, -0.1) is 0 Å². The third-order valence-corrected chi connectivity index (χ3v) is 3.34. The molecule has 1 N–H and O–H groups in total. The summed E-state index contributed by atoms with van der Waals surface area (Å²) in [5, 5.41) is 9.29. The number of halogens is 1. The highest BCUT2D eigenvalue weighted by Gasteiger charge is 2.03. The van der Waals surface area contributed by atoms with Gasteiger partial charge in [0.05, 0.1) is 6.61 Å². The Bertz CT molecular complexity index is 552. The van der Waals surface area contributed by atoms with E-state index in [0.29, 0.717) is 19.0 Å². The van der Waals surface area contributed by atoms with Gasteiger partial charge in [-0.2, -0.15) is 0 Å². The van der Waals surface area contributed by atoms with Crippen molar-refractivity contribution in [2.75, 3.05) is 13.2 Å². The molecule has 0 saturated carbocycles. The Kier molecular flexibility index (Phi) is 5.44. The summed E-state index contributed by atoms with van der Waals surface area (Å²) in [5.41, 5.74) is 1.90. The number of hydrogen-bond donors (Lipinski definition) is 1. The Balaban J connectivity index is 1.82. The van der Waals surface area contributed by atoms with E-state index >= 15 is 0 Å². The second kappa shape index (κ2) is 7.31. The van der Waals surface area contributed by atoms with Crippen molar-refractivity contribution in [2.24, 2.45) is 0 Å². The van der Waals surface area contributed by atoms with Crippen LogP contribution in [0.4, 0.5) is 0 Å². The molecule has 106 valence electrons. The quantitative estimate of drug-likeness (QED) is 0.817. The molecule has 2 aromatic rings. The zero-order chi connectivity index (χ0) is 14.4. The maximum Gasteiger partial charge on any atom is 0.125 e. The molecule has 2 aromatic carbocycles. The Hall–Kier alpha value is -1.52. The van der Waals surface area contributed by atoms with Crippen molar-refractivity contribution in [2.45, 2.75) is 13.5 Å². The van der Waals surface area contributed by atoms with Crippen molar-refractivity contribution in [1.82, 2.24) is 0 Å². The number of rotatable bonds is 6. The van der Waals surface area contributed by atoms with E-state index in [1.165, 1.54) is 0 Å². The molecule has 0 saturated heterocycles. The normalized spacial score (nSPS) is 10.3. The predicted octanol–water partition coefficient (Wildman–Crippen LogP) is 3.71. The second-order valence-electron chi connectivity index (χ2n) is 4.42. The van der Waals surface area contributed by atoms with E-state index < -0.39 is 0 Å². The molecule has 0 spiro atoms. The zero-order valence-electron chi connectivity index (χ0n) is 11.3. The Morgan fingerprint density at radius 2 is 1.70 bits per heavy atom. The fourth-order valence-corrected chi connectivity index (χ4v) is 2.08. The van der Waals surface area contributed by atoms with Crippen LogP contribution in [0, 0.1) is 6.92 Å². The first-order valence-electron chi connectivity index (χ1n) is 6.40. The van der Waals surface area contributed by atoms with Crippen molar-refractivity contribution >= 4 is 15.9 Å². The Morgan fingerprint density at radius 1 is 1.00 bits per heavy atom. The number of aliphatic hydroxyl groups is 1. The van der Waals surface area contributed by atoms with Crippen LogP contribution in [-0.2, 0) is 6.61 Å². The monoisotopic (exact) mass is 336 g/mol. The summed E-state index contributed by atoms with van der Waals surface area (Å²) in [6.07, 6.45) is 0. The van der Waals surface area contributed by atoms with Gasteiger partial charge >= 0.3 is 0 Å². The van der Waals surface area contributed by atoms with Crippen LogP contribution in [0.5, 0.6) is 11.5 Å². The lowest BCUT2D eigenvalue weighted by Crippen LogP contribution is -2.10. The summed E-state index contributed by atoms with van der Waals surface area (Å²) in [5.74, 6) is 1.51. The van der Waals surface area contributed by atoms with E-state index in [9.17, 15) is 5.11 Å². The predicted molar refractivity (Wildman–Crippen MR) is 82.2 cm³/mol. The van der Waals surface area contributed by atoms with Crippen LogP contribution in [-0.4, -0.2) is 18.3 Å². The first-order valence-corrected chi connectivity index (χ1v) is 7.20. The smallest absolute Gasteiger partial charge is 0.125 e. The first-order chi connectivity index (χ1) is 9.69. The highest BCUT2D eigenvalue weighted by Crippen LogP contribution is 2.20. The second-order valence-corrected chi connectivity index (χ2v) is 5.34. The van der Waals surface area contributed by atoms with Crippen LogP contribution in [0.1, 0.15) is 11.1 Å². The van der Waals surface area contributed by atoms with Crippen molar-refractivity contribution in [3.63, 3.8) is 0 Å². The molecule has 0 amide bonds. The van der Waals surface area contributed by atoms with Crippen LogP contribution < -0.4 is 9.47 Å². The topological polar surface area (TPSA) is 38.7 Å². The average molecular weight is 337 g/mol. The van der Waals surface area contributed by atoms with Gasteiger partial charge in [-0.05, 0) is 37.3 Å². The number of ether oxygens (including phenoxy) is 2. The maximum atomic E-state index is 9.29. The van der Waals surface area contributed by atoms with Crippen LogP contribution in [0.25, 0.3) is 0 Å². The molecule has 3 nitrogen and oxygen atoms in total. The minimum absolute atomic E-state index is 0.0232. The van der Waals surface area contributed by atoms with E-state index in [-0.39, 0.29) is 6.61 Å². The van der Waals surface area contributed by atoms with E-state index in [2.05, 4.69) is 15.9 Å². The number of aliphatic hydroxyl groups excluding tert-OH is 1. The van der Waals surface area contributed by atoms with E-state index in [0.717, 1.165) is 21.3 Å². The fraction of sp³-hybridized carbons (Fsp3) is 0.250. The fourth-order valence-electron chi connectivity index (χ4n) is 1.81. The molecule has 0 aliphatic rings. The van der Waals surface area contributed by atoms with Crippen LogP contribution in [0.15, 0.2) is 46.9 Å². The van der Waals surface area contributed by atoms with Gasteiger partial charge in [-0.25, -0.2) is 0 Å². The van der Waals surface area contributed by atoms with Crippen molar-refractivity contribution in [3.8, 4) is 11.5 Å². The minimum Gasteiger partial charge on any atom is -0.490 e. The SMILES string of the molecule is Cc1ccc(OCCOc2ccc(Br)cc2)c(CO)c1. The molecule has 4 heteroatoms. The third-order valence-electron chi connectivity index (χ3n) is 2.81. The molecular weight excluding hydrogens is 320 g/mol. The molecule has 0 radical (unpaired) electrons. The minimum atomic E-state index is -0.0232. The lowest BCUT2D eigenvalue weighted by atomic mass is 10.1. The Morgan fingerprint density at radius 3 is 2.40 bits per heavy atom. The van der Waals surface area contributed by atoms with E-state index in [1.54, 1.807) is 0 Å². The largest absolute Gasteiger partial charge is 0.490 e. The van der Waals surface area contributed by atoms with Crippen LogP contribution >= 0.6 is 15.9 Å². The highest BCUT2D eigenvalue weighted by atomic mass is 79.9. The molecule has 0 aromatic heterocycles. The van der Waals surface area contributed by atoms with Gasteiger partial charge in [-0.3, -0.25) is 0 Å². The molecule has 0 fully saturated rings. The highest BCUT2D eigenvalue weighted by molar-refractivity contribution is 9.10. The molecule has 0 atom stereocenters. The molecule has 0 heterocycles. The Labute approximate surface area is 127 Å². The third kappa shape index (κ3) is 4.25. The molecule has 0 aliphatic carbocycles. The van der Waals surface area contributed by atoms with Gasteiger partial charge in [0.15, 0.2) is 0 Å². The van der Waals surface area contributed by atoms with Gasteiger partial charge in [-0.1, -0.05) is 33.6 Å². The van der Waals surface area contributed by atoms with Crippen LogP contribution in [0.3, 0.4) is 0 Å². The summed E-state index contributed by atoms with van der Waals surface area (Å²) in [7, 11) is 0. The van der Waals surface area contributed by atoms with Crippen LogP contribution in [0.2, 0.25) is 0 Å². The van der Waals surface area contributed by atoms with Gasteiger partial charge in [0.1, 0.15) is 24.7 Å². The summed E-state index contributed by atoms with van der Waals surface area (Å²) in [6.45, 7) is 2.86. The lowest BCUT2D eigenvalue weighted by Gasteiger charge is -2.11. The maximum absolute atomic E-state index is 9.29. The van der Waals surface area contributed by atoms with Gasteiger partial charge in [0.2, 0.25) is 0 Å². The number of hydrogen-bond acceptors (Lipinski definition) is 3. The lowest BCUT2D eigenvalue weighted by molar-refractivity contribution is 0.210. The number of aryl methyl sites for hydroxylation is 1. The average Bonchev–Trinajstić information content (AvgIpc) is 2.46. The van der Waals surface area contributed by atoms with Crippen molar-refractivity contribution < 1.29 is 14.6 Å². The zero-order valence-corrected chi connectivity index (χ0v) is 12.9. The number of benzene rings is 2. The molecular formula is C16H17BrO3. The first kappa shape index (κ1) is 14.9. The van der Waals surface area contributed by atoms with Crippen molar-refractivity contribution in [3.05, 3.63) is 58.1 Å². The van der Waals surface area contributed by atoms with E-state index in [1.807, 2.05) is 49.4 Å². The molecule has 0 aliphatic heterocycles. The molecule has 20 heavy (non-hydrogen) atoms. The molecule has 0 bridgehead atoms. The summed E-state index contributed by atoms with van der Waals surface area (Å²) < 4.78 is 12.2. The molecule has 0 unspecified atom stereocenters. The van der Waals surface area contributed by atoms with Gasteiger partial charge in [0.25, 0.3) is 0 Å². The van der Waals surface area contributed by atoms with Crippen molar-refractivity contribution in [1.29, 1.82) is 0 Å². The summed E-state index contributed by atoms with van der Waals surface area (Å²) in [4.78, 5) is 0. The summed E-state index contributed by atoms with van der Waals surface area (Å²) in [6, 6.07) is 13.4. The molecule has 2 rings (SSSR count). The summed E-state index contributed by atoms with van der Waals surface area (Å²) >= 11 is 3.38. The van der Waals surface area contributed by atoms with Gasteiger partial charge in [0, 0.05) is 10.0 Å². The van der Waals surface area contributed by atoms with Gasteiger partial charge < -0.3 is 14.6 Å². The van der Waals surface area contributed by atoms with E-state index in [4.69, 9.17) is 9.47 Å².